The van der Waals surface area contributed by atoms with Gasteiger partial charge in [-0.3, -0.25) is 4.90 Å². The van der Waals surface area contributed by atoms with Gasteiger partial charge in [-0.2, -0.15) is 11.3 Å². The molecule has 2 rings (SSSR count). The molecule has 1 aromatic heterocycles. The molecule has 0 aliphatic heterocycles. The Hall–Kier alpha value is -1.14. The van der Waals surface area contributed by atoms with E-state index in [9.17, 15) is 0 Å². The number of hydrogen-bond donors (Lipinski definition) is 2. The summed E-state index contributed by atoms with van der Waals surface area (Å²) in [4.78, 5) is 2.23. The van der Waals surface area contributed by atoms with Crippen molar-refractivity contribution >= 4 is 23.9 Å². The highest BCUT2D eigenvalue weighted by atomic mass is 32.1. The maximum absolute atomic E-state index is 9.01. The van der Waals surface area contributed by atoms with Crippen LogP contribution in [0.1, 0.15) is 11.1 Å². The quantitative estimate of drug-likeness (QED) is 0.791. The van der Waals surface area contributed by atoms with Crippen molar-refractivity contribution in [3.63, 3.8) is 0 Å². The number of benzene rings is 1. The maximum atomic E-state index is 9.01. The van der Waals surface area contributed by atoms with Crippen LogP contribution in [0.15, 0.2) is 41.1 Å². The molecule has 2 N–H and O–H groups in total. The van der Waals surface area contributed by atoms with Gasteiger partial charge in [0.1, 0.15) is 0 Å². The molecule has 0 atom stereocenters. The molecule has 3 nitrogen and oxygen atoms in total. The molecule has 94 valence electrons. The summed E-state index contributed by atoms with van der Waals surface area (Å²) in [5, 5.41) is 22.3. The highest BCUT2D eigenvalue weighted by Gasteiger charge is 2.10. The molecule has 0 saturated carbocycles. The Bertz CT molecular complexity index is 470. The normalized spacial score (nSPS) is 10.9. The van der Waals surface area contributed by atoms with E-state index >= 15 is 0 Å². The molecule has 0 amide bonds. The first-order chi connectivity index (χ1) is 8.65. The molecule has 0 fully saturated rings. The molecule has 1 aromatic carbocycles. The molecule has 0 bridgehead atoms. The lowest BCUT2D eigenvalue weighted by molar-refractivity contribution is 0.319. The Labute approximate surface area is 111 Å². The molecule has 5 heteroatoms. The van der Waals surface area contributed by atoms with E-state index in [2.05, 4.69) is 28.8 Å². The molecule has 0 unspecified atom stereocenters. The van der Waals surface area contributed by atoms with Gasteiger partial charge in [0.15, 0.2) is 0 Å². The van der Waals surface area contributed by atoms with Crippen LogP contribution < -0.4 is 5.46 Å². The largest absolute Gasteiger partial charge is 0.488 e. The van der Waals surface area contributed by atoms with Crippen molar-refractivity contribution in [3.8, 4) is 0 Å². The van der Waals surface area contributed by atoms with E-state index in [4.69, 9.17) is 10.0 Å². The zero-order valence-electron chi connectivity index (χ0n) is 10.3. The van der Waals surface area contributed by atoms with Crippen molar-refractivity contribution in [3.05, 3.63) is 52.2 Å². The summed E-state index contributed by atoms with van der Waals surface area (Å²) in [6, 6.07) is 9.49. The van der Waals surface area contributed by atoms with Crippen molar-refractivity contribution in [2.24, 2.45) is 0 Å². The van der Waals surface area contributed by atoms with E-state index in [0.29, 0.717) is 5.46 Å². The van der Waals surface area contributed by atoms with E-state index in [1.54, 1.807) is 23.5 Å². The molecule has 0 saturated heterocycles. The summed E-state index contributed by atoms with van der Waals surface area (Å²) in [6.07, 6.45) is 0. The van der Waals surface area contributed by atoms with Crippen molar-refractivity contribution in [2.75, 3.05) is 7.05 Å². The summed E-state index contributed by atoms with van der Waals surface area (Å²) >= 11 is 1.71. The topological polar surface area (TPSA) is 43.7 Å². The molecule has 0 radical (unpaired) electrons. The lowest BCUT2D eigenvalue weighted by Crippen LogP contribution is -2.29. The Morgan fingerprint density at radius 3 is 2.28 bits per heavy atom. The van der Waals surface area contributed by atoms with Gasteiger partial charge in [0.05, 0.1) is 0 Å². The number of hydrogen-bond acceptors (Lipinski definition) is 4. The number of nitrogens with zero attached hydrogens (tertiary/aromatic N) is 1. The molecule has 18 heavy (non-hydrogen) atoms. The van der Waals surface area contributed by atoms with E-state index in [1.165, 1.54) is 5.56 Å². The fourth-order valence-electron chi connectivity index (χ4n) is 1.86. The fraction of sp³-hybridized carbons (Fsp3) is 0.231. The maximum Gasteiger partial charge on any atom is 0.488 e. The minimum Gasteiger partial charge on any atom is -0.423 e. The number of rotatable bonds is 5. The summed E-state index contributed by atoms with van der Waals surface area (Å²) in [5.74, 6) is 0. The Morgan fingerprint density at radius 2 is 1.72 bits per heavy atom. The van der Waals surface area contributed by atoms with Crippen molar-refractivity contribution < 1.29 is 10.0 Å². The summed E-state index contributed by atoms with van der Waals surface area (Å²) in [6.45, 7) is 1.77. The second-order valence-electron chi connectivity index (χ2n) is 4.42. The van der Waals surface area contributed by atoms with Crippen LogP contribution in [-0.4, -0.2) is 29.1 Å². The van der Waals surface area contributed by atoms with Gasteiger partial charge in [0, 0.05) is 13.1 Å². The number of thiophene rings is 1. The third kappa shape index (κ3) is 3.68. The van der Waals surface area contributed by atoms with Crippen LogP contribution in [0, 0.1) is 0 Å². The van der Waals surface area contributed by atoms with E-state index in [0.717, 1.165) is 18.7 Å². The van der Waals surface area contributed by atoms with E-state index < -0.39 is 7.12 Å². The summed E-state index contributed by atoms with van der Waals surface area (Å²) in [5.41, 5.74) is 3.02. The third-order valence-electron chi connectivity index (χ3n) is 2.76. The van der Waals surface area contributed by atoms with Crippen LogP contribution in [0.4, 0.5) is 0 Å². The first-order valence-electron chi connectivity index (χ1n) is 5.80. The minimum absolute atomic E-state index is 0.527. The van der Waals surface area contributed by atoms with Gasteiger partial charge in [-0.1, -0.05) is 24.3 Å². The second-order valence-corrected chi connectivity index (χ2v) is 5.20. The Kier molecular flexibility index (Phi) is 4.55. The van der Waals surface area contributed by atoms with Crippen LogP contribution in [0.5, 0.6) is 0 Å². The summed E-state index contributed by atoms with van der Waals surface area (Å²) < 4.78 is 0. The Morgan fingerprint density at radius 1 is 1.06 bits per heavy atom. The van der Waals surface area contributed by atoms with Gasteiger partial charge in [-0.05, 0) is 40.5 Å². The summed E-state index contributed by atoms with van der Waals surface area (Å²) in [7, 11) is 0.689. The average molecular weight is 261 g/mol. The van der Waals surface area contributed by atoms with Crippen LogP contribution in [-0.2, 0) is 13.1 Å². The van der Waals surface area contributed by atoms with Gasteiger partial charge >= 0.3 is 7.12 Å². The molecular weight excluding hydrogens is 245 g/mol. The predicted molar refractivity (Wildman–Crippen MR) is 75.8 cm³/mol. The van der Waals surface area contributed by atoms with E-state index in [1.807, 2.05) is 12.1 Å². The highest BCUT2D eigenvalue weighted by Crippen LogP contribution is 2.10. The molecular formula is C13H16BNO2S. The molecule has 0 aliphatic rings. The molecule has 2 aromatic rings. The van der Waals surface area contributed by atoms with Gasteiger partial charge in [-0.25, -0.2) is 0 Å². The van der Waals surface area contributed by atoms with E-state index in [-0.39, 0.29) is 0 Å². The third-order valence-corrected chi connectivity index (χ3v) is 3.49. The molecule has 0 aliphatic carbocycles. The van der Waals surface area contributed by atoms with Gasteiger partial charge in [0.2, 0.25) is 0 Å². The van der Waals surface area contributed by atoms with Crippen LogP contribution >= 0.6 is 11.3 Å². The highest BCUT2D eigenvalue weighted by molar-refractivity contribution is 7.07. The SMILES string of the molecule is CN(Cc1ccc(B(O)O)cc1)Cc1ccsc1. The Balaban J connectivity index is 1.92. The fourth-order valence-corrected chi connectivity index (χ4v) is 2.52. The van der Waals surface area contributed by atoms with Gasteiger partial charge in [-0.15, -0.1) is 0 Å². The predicted octanol–water partition coefficient (Wildman–Crippen LogP) is 1.06. The zero-order valence-corrected chi connectivity index (χ0v) is 11.1. The van der Waals surface area contributed by atoms with Crippen molar-refractivity contribution in [2.45, 2.75) is 13.1 Å². The van der Waals surface area contributed by atoms with Crippen molar-refractivity contribution in [1.29, 1.82) is 0 Å². The zero-order chi connectivity index (χ0) is 13.0. The van der Waals surface area contributed by atoms with Crippen molar-refractivity contribution in [1.82, 2.24) is 4.90 Å². The van der Waals surface area contributed by atoms with Gasteiger partial charge in [0.25, 0.3) is 0 Å². The standard InChI is InChI=1S/C13H16BNO2S/c1-15(9-12-6-7-18-10-12)8-11-2-4-13(5-3-11)14(16)17/h2-7,10,16-17H,8-9H2,1H3. The van der Waals surface area contributed by atoms with Crippen LogP contribution in [0.2, 0.25) is 0 Å². The van der Waals surface area contributed by atoms with Crippen LogP contribution in [0.3, 0.4) is 0 Å². The average Bonchev–Trinajstić information content (AvgIpc) is 2.82. The van der Waals surface area contributed by atoms with Gasteiger partial charge < -0.3 is 10.0 Å². The lowest BCUT2D eigenvalue weighted by atomic mass is 9.80. The monoisotopic (exact) mass is 261 g/mol. The lowest BCUT2D eigenvalue weighted by Gasteiger charge is -2.16. The first kappa shape index (κ1) is 13.3. The minimum atomic E-state index is -1.39. The smallest absolute Gasteiger partial charge is 0.423 e. The first-order valence-corrected chi connectivity index (χ1v) is 6.74. The molecule has 0 spiro atoms. The van der Waals surface area contributed by atoms with Crippen LogP contribution in [0.25, 0.3) is 0 Å². The second kappa shape index (κ2) is 6.16. The molecule has 1 heterocycles.